The fourth-order valence-corrected chi connectivity index (χ4v) is 2.19. The molecule has 0 aromatic heterocycles. The van der Waals surface area contributed by atoms with E-state index < -0.39 is 24.4 Å². The van der Waals surface area contributed by atoms with Crippen molar-refractivity contribution in [2.75, 3.05) is 6.61 Å². The van der Waals surface area contributed by atoms with E-state index in [0.29, 0.717) is 10.0 Å². The number of ether oxygens (including phenoxy) is 1. The lowest BCUT2D eigenvalue weighted by molar-refractivity contribution is -0.125. The minimum absolute atomic E-state index is 0.0883. The molecule has 0 aliphatic rings. The van der Waals surface area contributed by atoms with Crippen molar-refractivity contribution in [3.8, 4) is 5.75 Å². The summed E-state index contributed by atoms with van der Waals surface area (Å²) in [5, 5.41) is 9.28. The van der Waals surface area contributed by atoms with Gasteiger partial charge < -0.3 is 9.84 Å². The quantitative estimate of drug-likeness (QED) is 0.543. The number of phenolic OH excluding ortho intramolecular Hbond substituents is 1. The van der Waals surface area contributed by atoms with Crippen molar-refractivity contribution < 1.29 is 24.2 Å². The molecule has 8 heteroatoms. The highest BCUT2D eigenvalue weighted by Gasteiger charge is 2.13. The van der Waals surface area contributed by atoms with Gasteiger partial charge in [0, 0.05) is 4.47 Å². The largest absolute Gasteiger partial charge is 0.508 e. The number of hydrogen-bond acceptors (Lipinski definition) is 5. The first-order chi connectivity index (χ1) is 11.5. The second-order valence-corrected chi connectivity index (χ2v) is 5.46. The second kappa shape index (κ2) is 8.11. The number of nitrogens with one attached hydrogen (secondary N) is 2. The molecule has 0 saturated heterocycles. The molecule has 0 fully saturated rings. The fraction of sp³-hybridized carbons (Fsp3) is 0.0625. The van der Waals surface area contributed by atoms with Gasteiger partial charge in [0.2, 0.25) is 0 Å². The van der Waals surface area contributed by atoms with Gasteiger partial charge in [0.05, 0.1) is 11.1 Å². The van der Waals surface area contributed by atoms with Crippen molar-refractivity contribution in [3.63, 3.8) is 0 Å². The van der Waals surface area contributed by atoms with E-state index in [1.54, 1.807) is 24.3 Å². The Labute approximate surface area is 145 Å². The van der Waals surface area contributed by atoms with Crippen LogP contribution in [0.1, 0.15) is 20.7 Å². The van der Waals surface area contributed by atoms with Crippen LogP contribution in [0.3, 0.4) is 0 Å². The second-order valence-electron chi connectivity index (χ2n) is 4.61. The Balaban J connectivity index is 1.80. The van der Waals surface area contributed by atoms with Crippen LogP contribution in [0, 0.1) is 0 Å². The summed E-state index contributed by atoms with van der Waals surface area (Å²) in [6.07, 6.45) is 0. The van der Waals surface area contributed by atoms with Gasteiger partial charge in [0.15, 0.2) is 6.61 Å². The number of aromatic hydroxyl groups is 1. The molecular weight excluding hydrogens is 380 g/mol. The molecule has 0 aliphatic carbocycles. The Bertz CT molecular complexity index is 779. The lowest BCUT2D eigenvalue weighted by atomic mass is 10.2. The molecule has 7 nitrogen and oxygen atoms in total. The first-order valence-electron chi connectivity index (χ1n) is 6.77. The van der Waals surface area contributed by atoms with Crippen LogP contribution < -0.4 is 10.9 Å². The summed E-state index contributed by atoms with van der Waals surface area (Å²) in [6.45, 7) is -0.579. The smallest absolute Gasteiger partial charge is 0.338 e. The number of hydrazine groups is 1. The zero-order chi connectivity index (χ0) is 17.5. The molecule has 0 radical (unpaired) electrons. The van der Waals surface area contributed by atoms with Gasteiger partial charge in [0.25, 0.3) is 11.8 Å². The fourth-order valence-electron chi connectivity index (χ4n) is 1.72. The number of benzene rings is 2. The number of esters is 1. The summed E-state index contributed by atoms with van der Waals surface area (Å²) in [5.41, 5.74) is 4.81. The molecule has 0 bridgehead atoms. The lowest BCUT2D eigenvalue weighted by Gasteiger charge is -2.09. The van der Waals surface area contributed by atoms with E-state index >= 15 is 0 Å². The number of carbonyl (C=O) groups is 3. The molecule has 24 heavy (non-hydrogen) atoms. The Morgan fingerprint density at radius 1 is 1.04 bits per heavy atom. The maximum atomic E-state index is 11.9. The van der Waals surface area contributed by atoms with E-state index in [0.717, 1.165) is 0 Å². The van der Waals surface area contributed by atoms with Crippen molar-refractivity contribution >= 4 is 33.7 Å². The molecule has 0 aliphatic heterocycles. The molecule has 0 atom stereocenters. The van der Waals surface area contributed by atoms with Crippen molar-refractivity contribution in [1.82, 2.24) is 10.9 Å². The van der Waals surface area contributed by atoms with Gasteiger partial charge in [0.1, 0.15) is 5.75 Å². The average Bonchev–Trinajstić information content (AvgIpc) is 2.58. The van der Waals surface area contributed by atoms with Crippen LogP contribution >= 0.6 is 15.9 Å². The highest BCUT2D eigenvalue weighted by molar-refractivity contribution is 9.10. The van der Waals surface area contributed by atoms with Gasteiger partial charge in [-0.15, -0.1) is 0 Å². The molecule has 2 rings (SSSR count). The first-order valence-corrected chi connectivity index (χ1v) is 7.56. The number of phenols is 1. The summed E-state index contributed by atoms with van der Waals surface area (Å²) in [5.74, 6) is -2.08. The molecule has 0 unspecified atom stereocenters. The lowest BCUT2D eigenvalue weighted by Crippen LogP contribution is -2.43. The number of rotatable bonds is 4. The predicted molar refractivity (Wildman–Crippen MR) is 88.1 cm³/mol. The summed E-state index contributed by atoms with van der Waals surface area (Å²) in [4.78, 5) is 35.2. The van der Waals surface area contributed by atoms with E-state index in [-0.39, 0.29) is 11.3 Å². The number of halogens is 1. The van der Waals surface area contributed by atoms with Gasteiger partial charge in [-0.3, -0.25) is 20.4 Å². The molecule has 3 N–H and O–H groups in total. The summed E-state index contributed by atoms with van der Waals surface area (Å²) >= 11 is 3.22. The van der Waals surface area contributed by atoms with Gasteiger partial charge in [-0.25, -0.2) is 4.79 Å². The zero-order valence-electron chi connectivity index (χ0n) is 12.3. The van der Waals surface area contributed by atoms with Crippen molar-refractivity contribution in [3.05, 3.63) is 64.1 Å². The van der Waals surface area contributed by atoms with Gasteiger partial charge >= 0.3 is 5.97 Å². The van der Waals surface area contributed by atoms with Crippen LogP contribution in [0.2, 0.25) is 0 Å². The van der Waals surface area contributed by atoms with E-state index in [9.17, 15) is 19.5 Å². The van der Waals surface area contributed by atoms with Crippen molar-refractivity contribution in [1.29, 1.82) is 0 Å². The molecular formula is C16H13BrN2O5. The third-order valence-electron chi connectivity index (χ3n) is 2.85. The van der Waals surface area contributed by atoms with Crippen LogP contribution in [-0.2, 0) is 9.53 Å². The van der Waals surface area contributed by atoms with E-state index in [4.69, 9.17) is 4.74 Å². The maximum Gasteiger partial charge on any atom is 0.338 e. The van der Waals surface area contributed by atoms with Gasteiger partial charge in [-0.2, -0.15) is 0 Å². The Hall–Kier alpha value is -2.87. The molecule has 2 aromatic carbocycles. The summed E-state index contributed by atoms with van der Waals surface area (Å²) < 4.78 is 5.36. The standard InChI is InChI=1S/C16H13BrN2O5/c17-13-7-2-1-6-12(13)15(22)19-18-14(21)9-24-16(23)10-4-3-5-11(20)8-10/h1-8,20H,9H2,(H,18,21)(H,19,22). The molecule has 124 valence electrons. The van der Waals surface area contributed by atoms with Crippen LogP contribution in [0.5, 0.6) is 5.75 Å². The third kappa shape index (κ3) is 4.82. The molecule has 0 heterocycles. The number of amides is 2. The molecule has 2 amide bonds. The Kier molecular flexibility index (Phi) is 5.91. The number of carbonyl (C=O) groups excluding carboxylic acids is 3. The van der Waals surface area contributed by atoms with Crippen LogP contribution in [-0.4, -0.2) is 29.5 Å². The summed E-state index contributed by atoms with van der Waals surface area (Å²) in [6, 6.07) is 12.2. The van der Waals surface area contributed by atoms with Crippen molar-refractivity contribution in [2.45, 2.75) is 0 Å². The van der Waals surface area contributed by atoms with Crippen LogP contribution in [0.25, 0.3) is 0 Å². The SMILES string of the molecule is O=C(COC(=O)c1cccc(O)c1)NNC(=O)c1ccccc1Br. The molecule has 0 spiro atoms. The van der Waals surface area contributed by atoms with Gasteiger partial charge in [-0.1, -0.05) is 18.2 Å². The number of hydrogen-bond donors (Lipinski definition) is 3. The third-order valence-corrected chi connectivity index (χ3v) is 3.54. The predicted octanol–water partition coefficient (Wildman–Crippen LogP) is 1.77. The highest BCUT2D eigenvalue weighted by Crippen LogP contribution is 2.15. The van der Waals surface area contributed by atoms with E-state index in [2.05, 4.69) is 26.8 Å². The van der Waals surface area contributed by atoms with Crippen molar-refractivity contribution in [2.24, 2.45) is 0 Å². The first kappa shape index (κ1) is 17.5. The van der Waals surface area contributed by atoms with E-state index in [1.807, 2.05) is 0 Å². The molecule has 0 saturated carbocycles. The Morgan fingerprint density at radius 3 is 2.50 bits per heavy atom. The summed E-state index contributed by atoms with van der Waals surface area (Å²) in [7, 11) is 0. The zero-order valence-corrected chi connectivity index (χ0v) is 13.9. The average molecular weight is 393 g/mol. The van der Waals surface area contributed by atoms with Gasteiger partial charge in [-0.05, 0) is 46.3 Å². The highest BCUT2D eigenvalue weighted by atomic mass is 79.9. The van der Waals surface area contributed by atoms with E-state index in [1.165, 1.54) is 24.3 Å². The monoisotopic (exact) mass is 392 g/mol. The molecule has 2 aromatic rings. The maximum absolute atomic E-state index is 11.9. The van der Waals surface area contributed by atoms with Crippen LogP contribution in [0.4, 0.5) is 0 Å². The Morgan fingerprint density at radius 2 is 1.79 bits per heavy atom. The topological polar surface area (TPSA) is 105 Å². The minimum atomic E-state index is -0.766. The normalized spacial score (nSPS) is 9.88. The van der Waals surface area contributed by atoms with Crippen LogP contribution in [0.15, 0.2) is 53.0 Å². The minimum Gasteiger partial charge on any atom is -0.508 e.